The molecule has 1 fully saturated rings. The van der Waals surface area contributed by atoms with Crippen molar-refractivity contribution in [3.63, 3.8) is 0 Å². The second kappa shape index (κ2) is 7.63. The van der Waals surface area contributed by atoms with E-state index in [2.05, 4.69) is 36.0 Å². The maximum atomic E-state index is 12.6. The second-order valence-electron chi connectivity index (χ2n) is 5.99. The third kappa shape index (κ3) is 3.96. The highest BCUT2D eigenvalue weighted by molar-refractivity contribution is 9.10. The number of rotatable bonds is 4. The first-order valence-corrected chi connectivity index (χ1v) is 9.67. The number of carbonyl (C=O) groups excluding carboxylic acids is 1. The van der Waals surface area contributed by atoms with E-state index in [0.29, 0.717) is 0 Å². The van der Waals surface area contributed by atoms with Crippen LogP contribution in [0.2, 0.25) is 0 Å². The number of amides is 1. The van der Waals surface area contributed by atoms with Crippen LogP contribution in [-0.4, -0.2) is 48.0 Å². The van der Waals surface area contributed by atoms with Crippen molar-refractivity contribution in [2.24, 2.45) is 0 Å². The quantitative estimate of drug-likeness (QED) is 0.842. The number of hydrogen-bond donors (Lipinski definition) is 1. The number of nitrogens with one attached hydrogen (secondary N) is 1. The summed E-state index contributed by atoms with van der Waals surface area (Å²) in [5.74, 6) is 0.0299. The summed E-state index contributed by atoms with van der Waals surface area (Å²) >= 11 is 5.17. The molecule has 1 N–H and O–H groups in total. The van der Waals surface area contributed by atoms with E-state index in [0.717, 1.165) is 47.0 Å². The van der Waals surface area contributed by atoms with E-state index in [-0.39, 0.29) is 11.9 Å². The summed E-state index contributed by atoms with van der Waals surface area (Å²) in [4.78, 5) is 21.4. The zero-order valence-electron chi connectivity index (χ0n) is 13.8. The van der Waals surface area contributed by atoms with Crippen LogP contribution in [0, 0.1) is 6.92 Å². The van der Waals surface area contributed by atoms with Gasteiger partial charge in [-0.1, -0.05) is 6.07 Å². The molecule has 2 aromatic rings. The van der Waals surface area contributed by atoms with Crippen LogP contribution in [0.3, 0.4) is 0 Å². The number of carbonyl (C=O) groups is 1. The van der Waals surface area contributed by atoms with Crippen molar-refractivity contribution in [1.82, 2.24) is 9.88 Å². The first-order valence-electron chi connectivity index (χ1n) is 8.00. The molecule has 1 aromatic carbocycles. The van der Waals surface area contributed by atoms with Crippen LogP contribution in [0.5, 0.6) is 0 Å². The number of aryl methyl sites for hydroxylation is 1. The maximum Gasteiger partial charge on any atom is 0.241 e. The summed E-state index contributed by atoms with van der Waals surface area (Å²) in [7, 11) is 0. The Bertz CT molecular complexity index is 699. The Labute approximate surface area is 154 Å². The zero-order chi connectivity index (χ0) is 17.1. The van der Waals surface area contributed by atoms with Crippen LogP contribution in [0.25, 0.3) is 0 Å². The summed E-state index contributed by atoms with van der Waals surface area (Å²) in [5, 5.41) is 6.08. The van der Waals surface area contributed by atoms with Gasteiger partial charge in [-0.25, -0.2) is 4.98 Å². The highest BCUT2D eigenvalue weighted by atomic mass is 79.9. The van der Waals surface area contributed by atoms with Crippen molar-refractivity contribution in [2.45, 2.75) is 19.9 Å². The monoisotopic (exact) mass is 408 g/mol. The first-order chi connectivity index (χ1) is 11.5. The van der Waals surface area contributed by atoms with Crippen molar-refractivity contribution in [2.75, 3.05) is 36.4 Å². The van der Waals surface area contributed by atoms with Gasteiger partial charge in [0, 0.05) is 42.2 Å². The normalized spacial score (nSPS) is 16.9. The van der Waals surface area contributed by atoms with Gasteiger partial charge in [-0.05, 0) is 47.5 Å². The average molecular weight is 409 g/mol. The van der Waals surface area contributed by atoms with Gasteiger partial charge in [-0.15, -0.1) is 11.3 Å². The van der Waals surface area contributed by atoms with Crippen LogP contribution >= 0.6 is 27.3 Å². The minimum atomic E-state index is -0.156. The Morgan fingerprint density at radius 1 is 1.33 bits per heavy atom. The highest BCUT2D eigenvalue weighted by Crippen LogP contribution is 2.24. The lowest BCUT2D eigenvalue weighted by atomic mass is 10.2. The number of hydrogen-bond acceptors (Lipinski definition) is 5. The van der Waals surface area contributed by atoms with Gasteiger partial charge >= 0.3 is 0 Å². The minimum Gasteiger partial charge on any atom is -0.346 e. The molecule has 0 spiro atoms. The molecule has 1 aliphatic rings. The molecule has 0 unspecified atom stereocenters. The van der Waals surface area contributed by atoms with Crippen LogP contribution in [0.15, 0.2) is 34.2 Å². The van der Waals surface area contributed by atoms with Crippen LogP contribution in [0.4, 0.5) is 10.8 Å². The molecule has 0 radical (unpaired) electrons. The molecule has 3 rings (SSSR count). The van der Waals surface area contributed by atoms with Crippen LogP contribution in [-0.2, 0) is 4.79 Å². The van der Waals surface area contributed by atoms with E-state index in [9.17, 15) is 4.79 Å². The number of anilines is 2. The SMILES string of the molecule is Cc1ccc(NC(=O)[C@H](C)N2CCN(c3nccs3)CC2)c(Br)c1. The molecule has 1 saturated heterocycles. The highest BCUT2D eigenvalue weighted by Gasteiger charge is 2.26. The van der Waals surface area contributed by atoms with Crippen molar-refractivity contribution in [3.05, 3.63) is 39.8 Å². The molecule has 1 aromatic heterocycles. The Morgan fingerprint density at radius 2 is 2.08 bits per heavy atom. The Morgan fingerprint density at radius 3 is 2.71 bits per heavy atom. The van der Waals surface area contributed by atoms with E-state index in [4.69, 9.17) is 0 Å². The number of aromatic nitrogens is 1. The summed E-state index contributed by atoms with van der Waals surface area (Å²) in [5.41, 5.74) is 1.98. The fraction of sp³-hybridized carbons (Fsp3) is 0.412. The summed E-state index contributed by atoms with van der Waals surface area (Å²) in [6, 6.07) is 5.78. The summed E-state index contributed by atoms with van der Waals surface area (Å²) in [6.07, 6.45) is 1.84. The van der Waals surface area contributed by atoms with Crippen molar-refractivity contribution in [3.8, 4) is 0 Å². The third-order valence-electron chi connectivity index (χ3n) is 4.31. The molecular formula is C17H21BrN4OS. The maximum absolute atomic E-state index is 12.6. The molecule has 0 saturated carbocycles. The van der Waals surface area contributed by atoms with Crippen LogP contribution in [0.1, 0.15) is 12.5 Å². The third-order valence-corrected chi connectivity index (χ3v) is 5.80. The summed E-state index contributed by atoms with van der Waals surface area (Å²) < 4.78 is 0.914. The van der Waals surface area contributed by atoms with E-state index in [1.54, 1.807) is 11.3 Å². The van der Waals surface area contributed by atoms with Gasteiger partial charge in [0.05, 0.1) is 11.7 Å². The first kappa shape index (κ1) is 17.4. The average Bonchev–Trinajstić information content (AvgIpc) is 3.11. The van der Waals surface area contributed by atoms with Gasteiger partial charge in [-0.2, -0.15) is 0 Å². The van der Waals surface area contributed by atoms with E-state index < -0.39 is 0 Å². The van der Waals surface area contributed by atoms with E-state index in [1.807, 2.05) is 43.6 Å². The van der Waals surface area contributed by atoms with Crippen molar-refractivity contribution < 1.29 is 4.79 Å². The molecule has 2 heterocycles. The number of halogens is 1. The topological polar surface area (TPSA) is 48.5 Å². The lowest BCUT2D eigenvalue weighted by molar-refractivity contribution is -0.120. The Kier molecular flexibility index (Phi) is 5.53. The molecule has 0 bridgehead atoms. The predicted molar refractivity (Wildman–Crippen MR) is 103 cm³/mol. The van der Waals surface area contributed by atoms with Crippen molar-refractivity contribution in [1.29, 1.82) is 0 Å². The second-order valence-corrected chi connectivity index (χ2v) is 7.71. The molecule has 1 amide bonds. The van der Waals surface area contributed by atoms with Crippen LogP contribution < -0.4 is 10.2 Å². The predicted octanol–water partition coefficient (Wildman–Crippen LogP) is 3.36. The summed E-state index contributed by atoms with van der Waals surface area (Å²) in [6.45, 7) is 7.53. The molecule has 24 heavy (non-hydrogen) atoms. The van der Waals surface area contributed by atoms with Gasteiger partial charge in [0.15, 0.2) is 5.13 Å². The molecule has 5 nitrogen and oxygen atoms in total. The van der Waals surface area contributed by atoms with Gasteiger partial charge in [-0.3, -0.25) is 9.69 Å². The molecule has 1 atom stereocenters. The Balaban J connectivity index is 1.56. The molecular weight excluding hydrogens is 388 g/mol. The van der Waals surface area contributed by atoms with E-state index >= 15 is 0 Å². The number of nitrogens with zero attached hydrogens (tertiary/aromatic N) is 3. The number of piperazine rings is 1. The zero-order valence-corrected chi connectivity index (χ0v) is 16.2. The number of thiazole rings is 1. The molecule has 0 aliphatic carbocycles. The van der Waals surface area contributed by atoms with E-state index in [1.165, 1.54) is 0 Å². The molecule has 7 heteroatoms. The lowest BCUT2D eigenvalue weighted by Crippen LogP contribution is -2.52. The fourth-order valence-corrected chi connectivity index (χ4v) is 4.09. The lowest BCUT2D eigenvalue weighted by Gasteiger charge is -2.37. The van der Waals surface area contributed by atoms with Crippen molar-refractivity contribution >= 4 is 44.0 Å². The minimum absolute atomic E-state index is 0.0299. The van der Waals surface area contributed by atoms with Gasteiger partial charge in [0.25, 0.3) is 0 Å². The molecule has 1 aliphatic heterocycles. The largest absolute Gasteiger partial charge is 0.346 e. The molecule has 128 valence electrons. The smallest absolute Gasteiger partial charge is 0.241 e. The number of benzene rings is 1. The van der Waals surface area contributed by atoms with Gasteiger partial charge < -0.3 is 10.2 Å². The fourth-order valence-electron chi connectivity index (χ4n) is 2.80. The standard InChI is InChI=1S/C17H21BrN4OS/c1-12-3-4-15(14(18)11-12)20-16(23)13(2)21-6-8-22(9-7-21)17-19-5-10-24-17/h3-5,10-11,13H,6-9H2,1-2H3,(H,20,23)/t13-/m0/s1. The van der Waals surface area contributed by atoms with Gasteiger partial charge in [0.1, 0.15) is 0 Å². The Hall–Kier alpha value is -1.44. The van der Waals surface area contributed by atoms with Gasteiger partial charge in [0.2, 0.25) is 5.91 Å².